The highest BCUT2D eigenvalue weighted by Gasteiger charge is 2.23. The Labute approximate surface area is 165 Å². The number of nitrogens with zero attached hydrogens (tertiary/aromatic N) is 1. The standard InChI is InChI=1S/C23H25FN2O2/c1-23(2,3)26(15-17-7-5-4-6-8-17)16-20-13-14-21(28-20)22(27)25-19-11-9-18(24)10-12-19/h4-14H,15-16H2,1-3H3,(H,25,27). The minimum atomic E-state index is -0.358. The Morgan fingerprint density at radius 3 is 2.29 bits per heavy atom. The van der Waals surface area contributed by atoms with Gasteiger partial charge in [-0.25, -0.2) is 4.39 Å². The molecule has 0 bridgehead atoms. The van der Waals surface area contributed by atoms with Crippen LogP contribution in [0.1, 0.15) is 42.6 Å². The van der Waals surface area contributed by atoms with Crippen LogP contribution in [0.5, 0.6) is 0 Å². The third-order valence-corrected chi connectivity index (χ3v) is 4.50. The molecule has 1 N–H and O–H groups in total. The average molecular weight is 380 g/mol. The molecule has 146 valence electrons. The lowest BCUT2D eigenvalue weighted by Crippen LogP contribution is -2.40. The van der Waals surface area contributed by atoms with E-state index in [9.17, 15) is 9.18 Å². The summed E-state index contributed by atoms with van der Waals surface area (Å²) in [6, 6.07) is 19.4. The number of benzene rings is 2. The third-order valence-electron chi connectivity index (χ3n) is 4.50. The molecular formula is C23H25FN2O2. The van der Waals surface area contributed by atoms with E-state index < -0.39 is 0 Å². The Bertz CT molecular complexity index is 912. The highest BCUT2D eigenvalue weighted by Crippen LogP contribution is 2.22. The summed E-state index contributed by atoms with van der Waals surface area (Å²) in [7, 11) is 0. The van der Waals surface area contributed by atoms with Gasteiger partial charge in [0.2, 0.25) is 0 Å². The number of halogens is 1. The first-order valence-electron chi connectivity index (χ1n) is 9.26. The number of nitrogens with one attached hydrogen (secondary N) is 1. The topological polar surface area (TPSA) is 45.5 Å². The summed E-state index contributed by atoms with van der Waals surface area (Å²) in [4.78, 5) is 14.7. The number of amides is 1. The Morgan fingerprint density at radius 2 is 1.64 bits per heavy atom. The zero-order chi connectivity index (χ0) is 20.1. The van der Waals surface area contributed by atoms with E-state index in [1.165, 1.54) is 29.8 Å². The molecule has 0 aliphatic rings. The molecule has 4 nitrogen and oxygen atoms in total. The number of anilines is 1. The maximum absolute atomic E-state index is 13.0. The first-order chi connectivity index (χ1) is 13.3. The monoisotopic (exact) mass is 380 g/mol. The molecule has 3 aromatic rings. The summed E-state index contributed by atoms with van der Waals surface area (Å²) in [6.45, 7) is 7.83. The second-order valence-corrected chi connectivity index (χ2v) is 7.74. The van der Waals surface area contributed by atoms with E-state index in [4.69, 9.17) is 4.42 Å². The van der Waals surface area contributed by atoms with E-state index in [0.29, 0.717) is 12.2 Å². The lowest BCUT2D eigenvalue weighted by atomic mass is 10.0. The van der Waals surface area contributed by atoms with E-state index in [0.717, 1.165) is 12.3 Å². The van der Waals surface area contributed by atoms with Crippen molar-refractivity contribution < 1.29 is 13.6 Å². The number of hydrogen-bond donors (Lipinski definition) is 1. The Balaban J connectivity index is 1.68. The van der Waals surface area contributed by atoms with Crippen molar-refractivity contribution in [1.82, 2.24) is 4.90 Å². The number of hydrogen-bond acceptors (Lipinski definition) is 3. The molecule has 0 unspecified atom stereocenters. The van der Waals surface area contributed by atoms with Crippen molar-refractivity contribution in [2.24, 2.45) is 0 Å². The van der Waals surface area contributed by atoms with Gasteiger partial charge in [0.05, 0.1) is 6.54 Å². The molecule has 0 saturated heterocycles. The van der Waals surface area contributed by atoms with Crippen molar-refractivity contribution in [2.45, 2.75) is 39.4 Å². The highest BCUT2D eigenvalue weighted by atomic mass is 19.1. The fourth-order valence-electron chi connectivity index (χ4n) is 2.83. The van der Waals surface area contributed by atoms with Crippen LogP contribution in [-0.4, -0.2) is 16.3 Å². The molecule has 1 amide bonds. The van der Waals surface area contributed by atoms with Gasteiger partial charge in [-0.3, -0.25) is 9.69 Å². The second-order valence-electron chi connectivity index (χ2n) is 7.74. The lowest BCUT2D eigenvalue weighted by molar-refractivity contribution is 0.0969. The van der Waals surface area contributed by atoms with Gasteiger partial charge in [0.25, 0.3) is 5.91 Å². The maximum atomic E-state index is 13.0. The van der Waals surface area contributed by atoms with Gasteiger partial charge >= 0.3 is 0 Å². The minimum Gasteiger partial charge on any atom is -0.455 e. The summed E-state index contributed by atoms with van der Waals surface area (Å²) < 4.78 is 18.8. The first kappa shape index (κ1) is 19.8. The smallest absolute Gasteiger partial charge is 0.291 e. The molecule has 0 aliphatic heterocycles. The van der Waals surface area contributed by atoms with Crippen molar-refractivity contribution in [1.29, 1.82) is 0 Å². The molecule has 28 heavy (non-hydrogen) atoms. The fourth-order valence-corrected chi connectivity index (χ4v) is 2.83. The Kier molecular flexibility index (Phi) is 5.95. The van der Waals surface area contributed by atoms with Crippen LogP contribution in [0.4, 0.5) is 10.1 Å². The van der Waals surface area contributed by atoms with E-state index in [1.807, 2.05) is 24.3 Å². The number of carbonyl (C=O) groups is 1. The van der Waals surface area contributed by atoms with Gasteiger partial charge in [0, 0.05) is 17.8 Å². The van der Waals surface area contributed by atoms with E-state index >= 15 is 0 Å². The van der Waals surface area contributed by atoms with Crippen LogP contribution < -0.4 is 5.32 Å². The van der Waals surface area contributed by atoms with Crippen molar-refractivity contribution in [3.05, 3.63) is 89.6 Å². The van der Waals surface area contributed by atoms with Crippen LogP contribution in [0.15, 0.2) is 71.1 Å². The Morgan fingerprint density at radius 1 is 0.964 bits per heavy atom. The Hall–Kier alpha value is -2.92. The van der Waals surface area contributed by atoms with Crippen LogP contribution in [0.2, 0.25) is 0 Å². The second kappa shape index (κ2) is 8.40. The van der Waals surface area contributed by atoms with Gasteiger partial charge < -0.3 is 9.73 Å². The number of rotatable bonds is 6. The normalized spacial score (nSPS) is 11.6. The van der Waals surface area contributed by atoms with Crippen molar-refractivity contribution >= 4 is 11.6 Å². The molecule has 1 heterocycles. The summed E-state index contributed by atoms with van der Waals surface area (Å²) in [5, 5.41) is 2.71. The van der Waals surface area contributed by atoms with Crippen LogP contribution in [0.3, 0.4) is 0 Å². The van der Waals surface area contributed by atoms with E-state index in [2.05, 4.69) is 43.1 Å². The minimum absolute atomic E-state index is 0.0703. The predicted octanol–water partition coefficient (Wildman–Crippen LogP) is 5.47. The van der Waals surface area contributed by atoms with Crippen molar-refractivity contribution in [3.8, 4) is 0 Å². The molecule has 0 fully saturated rings. The average Bonchev–Trinajstić information content (AvgIpc) is 3.12. The predicted molar refractivity (Wildman–Crippen MR) is 109 cm³/mol. The molecule has 0 aliphatic carbocycles. The number of furan rings is 1. The summed E-state index contributed by atoms with van der Waals surface area (Å²) in [6.07, 6.45) is 0. The van der Waals surface area contributed by atoms with E-state index in [1.54, 1.807) is 6.07 Å². The molecule has 2 aromatic carbocycles. The molecule has 1 aromatic heterocycles. The van der Waals surface area contributed by atoms with Crippen molar-refractivity contribution in [2.75, 3.05) is 5.32 Å². The summed E-state index contributed by atoms with van der Waals surface area (Å²) in [5.41, 5.74) is 1.67. The van der Waals surface area contributed by atoms with Crippen LogP contribution in [0.25, 0.3) is 0 Å². The molecule has 0 saturated carbocycles. The van der Waals surface area contributed by atoms with E-state index in [-0.39, 0.29) is 23.0 Å². The summed E-state index contributed by atoms with van der Waals surface area (Å²) in [5.74, 6) is 0.241. The maximum Gasteiger partial charge on any atom is 0.291 e. The zero-order valence-electron chi connectivity index (χ0n) is 16.4. The van der Waals surface area contributed by atoms with Gasteiger partial charge in [-0.1, -0.05) is 30.3 Å². The SMILES string of the molecule is CC(C)(C)N(Cc1ccccc1)Cc1ccc(C(=O)Nc2ccc(F)cc2)o1. The van der Waals surface area contributed by atoms with Gasteiger partial charge in [0.15, 0.2) is 5.76 Å². The molecule has 0 radical (unpaired) electrons. The van der Waals surface area contributed by atoms with Gasteiger partial charge in [0.1, 0.15) is 11.6 Å². The number of carbonyl (C=O) groups excluding carboxylic acids is 1. The first-order valence-corrected chi connectivity index (χ1v) is 9.26. The molecule has 5 heteroatoms. The summed E-state index contributed by atoms with van der Waals surface area (Å²) >= 11 is 0. The van der Waals surface area contributed by atoms with Gasteiger partial charge in [-0.2, -0.15) is 0 Å². The van der Waals surface area contributed by atoms with Crippen LogP contribution >= 0.6 is 0 Å². The lowest BCUT2D eigenvalue weighted by Gasteiger charge is -2.35. The zero-order valence-corrected chi connectivity index (χ0v) is 16.4. The van der Waals surface area contributed by atoms with Gasteiger partial charge in [-0.05, 0) is 62.7 Å². The third kappa shape index (κ3) is 5.30. The fraction of sp³-hybridized carbons (Fsp3) is 0.261. The van der Waals surface area contributed by atoms with Gasteiger partial charge in [-0.15, -0.1) is 0 Å². The molecule has 0 atom stereocenters. The molecule has 3 rings (SSSR count). The molecule has 0 spiro atoms. The van der Waals surface area contributed by atoms with Crippen LogP contribution in [-0.2, 0) is 13.1 Å². The largest absolute Gasteiger partial charge is 0.455 e. The highest BCUT2D eigenvalue weighted by molar-refractivity contribution is 6.02. The quantitative estimate of drug-likeness (QED) is 0.617. The molecular weight excluding hydrogens is 355 g/mol. The van der Waals surface area contributed by atoms with Crippen molar-refractivity contribution in [3.63, 3.8) is 0 Å². The van der Waals surface area contributed by atoms with Crippen LogP contribution in [0, 0.1) is 5.82 Å².